The molecule has 38 heavy (non-hydrogen) atoms. The number of aromatic hydroxyl groups is 2. The molecule has 0 atom stereocenters. The fourth-order valence-electron chi connectivity index (χ4n) is 3.69. The number of hydrogen-bond acceptors (Lipinski definition) is 8. The van der Waals surface area contributed by atoms with Gasteiger partial charge in [-0.05, 0) is 24.3 Å². The Kier molecular flexibility index (Phi) is 7.44. The zero-order valence-electron chi connectivity index (χ0n) is 19.8. The largest absolute Gasteiger partial charge is 0.507 e. The number of carbonyl (C=O) groups excluding carboxylic acids is 1. The smallest absolute Gasteiger partial charge is 0.348 e. The van der Waals surface area contributed by atoms with E-state index in [9.17, 15) is 28.2 Å². The average Bonchev–Trinajstić information content (AvgIpc) is 3.24. The van der Waals surface area contributed by atoms with Crippen molar-refractivity contribution in [2.24, 2.45) is 5.73 Å². The first-order valence-corrected chi connectivity index (χ1v) is 12.8. The maximum absolute atomic E-state index is 13.5. The molecular weight excluding hydrogens is 538 g/mol. The van der Waals surface area contributed by atoms with Gasteiger partial charge < -0.3 is 20.7 Å². The highest BCUT2D eigenvalue weighted by atomic mass is 35.5. The molecule has 0 saturated heterocycles. The summed E-state index contributed by atoms with van der Waals surface area (Å²) in [4.78, 5) is 23.1. The van der Waals surface area contributed by atoms with E-state index in [1.807, 2.05) is 0 Å². The summed E-state index contributed by atoms with van der Waals surface area (Å²) in [6, 6.07) is 14.7. The lowest BCUT2D eigenvalue weighted by molar-refractivity contribution is -0.119. The minimum absolute atomic E-state index is 0.134. The molecule has 0 aliphatic heterocycles. The Labute approximate surface area is 221 Å². The Bertz CT molecular complexity index is 1680. The molecule has 4 aromatic rings. The number of amides is 1. The van der Waals surface area contributed by atoms with Gasteiger partial charge >= 0.3 is 5.69 Å². The quantitative estimate of drug-likeness (QED) is 0.240. The number of phenols is 2. The van der Waals surface area contributed by atoms with Crippen LogP contribution >= 0.6 is 11.6 Å². The van der Waals surface area contributed by atoms with Crippen molar-refractivity contribution in [3.8, 4) is 34.3 Å². The van der Waals surface area contributed by atoms with Crippen molar-refractivity contribution < 1.29 is 28.2 Å². The summed E-state index contributed by atoms with van der Waals surface area (Å²) in [6.07, 6.45) is 0. The fourth-order valence-corrected chi connectivity index (χ4v) is 5.15. The van der Waals surface area contributed by atoms with Gasteiger partial charge in [0.2, 0.25) is 10.0 Å². The highest BCUT2D eigenvalue weighted by Gasteiger charge is 2.29. The number of benzene rings is 3. The van der Waals surface area contributed by atoms with Gasteiger partial charge in [0.25, 0.3) is 5.91 Å². The predicted molar refractivity (Wildman–Crippen MR) is 138 cm³/mol. The van der Waals surface area contributed by atoms with Crippen LogP contribution in [0, 0.1) is 0 Å². The van der Waals surface area contributed by atoms with Crippen molar-refractivity contribution in [1.82, 2.24) is 19.1 Å². The van der Waals surface area contributed by atoms with E-state index in [4.69, 9.17) is 22.1 Å². The Hall–Kier alpha value is -4.33. The number of halogens is 1. The molecule has 14 heteroatoms. The zero-order chi connectivity index (χ0) is 27.6. The van der Waals surface area contributed by atoms with E-state index in [-0.39, 0.29) is 34.4 Å². The third kappa shape index (κ3) is 5.20. The molecule has 0 spiro atoms. The third-order valence-electron chi connectivity index (χ3n) is 5.51. The van der Waals surface area contributed by atoms with Gasteiger partial charge in [0.1, 0.15) is 22.1 Å². The number of nitrogens with two attached hydrogens (primary N) is 1. The van der Waals surface area contributed by atoms with Crippen LogP contribution in [0.25, 0.3) is 17.1 Å². The second kappa shape index (κ2) is 10.6. The summed E-state index contributed by atoms with van der Waals surface area (Å²) in [5.41, 5.74) is 4.96. The molecule has 5 N–H and O–H groups in total. The van der Waals surface area contributed by atoms with Gasteiger partial charge in [0.15, 0.2) is 12.4 Å². The predicted octanol–water partition coefficient (Wildman–Crippen LogP) is 1.98. The van der Waals surface area contributed by atoms with Crippen molar-refractivity contribution >= 4 is 27.5 Å². The minimum Gasteiger partial charge on any atom is -0.507 e. The van der Waals surface area contributed by atoms with Gasteiger partial charge in [0.05, 0.1) is 16.3 Å². The normalized spacial score (nSPS) is 11.6. The van der Waals surface area contributed by atoms with E-state index in [1.165, 1.54) is 7.05 Å². The van der Waals surface area contributed by atoms with Crippen LogP contribution < -0.4 is 16.2 Å². The lowest BCUT2D eigenvalue weighted by Gasteiger charge is -2.20. The van der Waals surface area contributed by atoms with Crippen LogP contribution in [0.15, 0.2) is 70.4 Å². The van der Waals surface area contributed by atoms with Crippen LogP contribution in [0.1, 0.15) is 5.56 Å². The molecule has 0 aliphatic rings. The monoisotopic (exact) mass is 559 g/mol. The lowest BCUT2D eigenvalue weighted by Crippen LogP contribution is -2.27. The highest BCUT2D eigenvalue weighted by Crippen LogP contribution is 2.38. The standard InChI is InChI=1S/C24H22ClN5O7S/c1-29(12-14-6-2-5-9-20(14)37-13-22(26)33)38(35,36)21-10-15(18(31)11-19(21)32)23-27-28-24(34)30(23)17-8-4-3-7-16(17)25/h2-11,31-32H,12-13H2,1H3,(H2,26,33)(H,28,34). The SMILES string of the molecule is CN(Cc1ccccc1OCC(N)=O)S(=O)(=O)c1cc(-c2n[nH]c(=O)n2-c2ccccc2Cl)c(O)cc1O. The van der Waals surface area contributed by atoms with Gasteiger partial charge in [-0.2, -0.15) is 9.40 Å². The zero-order valence-corrected chi connectivity index (χ0v) is 21.4. The van der Waals surface area contributed by atoms with Gasteiger partial charge in [-0.3, -0.25) is 4.79 Å². The number of ether oxygens (including phenoxy) is 1. The van der Waals surface area contributed by atoms with Crippen molar-refractivity contribution in [3.05, 3.63) is 81.7 Å². The average molecular weight is 560 g/mol. The van der Waals surface area contributed by atoms with E-state index >= 15 is 0 Å². The number of H-pyrrole nitrogens is 1. The second-order valence-electron chi connectivity index (χ2n) is 8.10. The summed E-state index contributed by atoms with van der Waals surface area (Å²) >= 11 is 6.24. The number of nitrogens with zero attached hydrogens (tertiary/aromatic N) is 3. The number of primary amides is 1. The van der Waals surface area contributed by atoms with Gasteiger partial charge in [-0.25, -0.2) is 22.9 Å². The number of sulfonamides is 1. The summed E-state index contributed by atoms with van der Waals surface area (Å²) < 4.78 is 34.4. The molecule has 3 aromatic carbocycles. The van der Waals surface area contributed by atoms with Crippen LogP contribution in [0.5, 0.6) is 17.2 Å². The van der Waals surface area contributed by atoms with Crippen molar-refractivity contribution in [3.63, 3.8) is 0 Å². The third-order valence-corrected chi connectivity index (χ3v) is 7.66. The molecule has 0 saturated carbocycles. The van der Waals surface area contributed by atoms with Gasteiger partial charge in [-0.15, -0.1) is 0 Å². The summed E-state index contributed by atoms with van der Waals surface area (Å²) in [5, 5.41) is 27.5. The molecule has 198 valence electrons. The number of aromatic nitrogens is 3. The highest BCUT2D eigenvalue weighted by molar-refractivity contribution is 7.89. The molecule has 0 bridgehead atoms. The van der Waals surface area contributed by atoms with Crippen molar-refractivity contribution in [2.75, 3.05) is 13.7 Å². The van der Waals surface area contributed by atoms with Crippen LogP contribution in [-0.2, 0) is 21.4 Å². The molecule has 12 nitrogen and oxygen atoms in total. The Balaban J connectivity index is 1.75. The van der Waals surface area contributed by atoms with Gasteiger partial charge in [0, 0.05) is 25.2 Å². The topological polar surface area (TPSA) is 181 Å². The van der Waals surface area contributed by atoms with Gasteiger partial charge in [-0.1, -0.05) is 41.9 Å². The first-order valence-electron chi connectivity index (χ1n) is 10.9. The number of rotatable bonds is 9. The van der Waals surface area contributed by atoms with E-state index in [0.29, 0.717) is 5.56 Å². The van der Waals surface area contributed by atoms with E-state index in [2.05, 4.69) is 10.2 Å². The maximum atomic E-state index is 13.5. The summed E-state index contributed by atoms with van der Waals surface area (Å²) in [6.45, 7) is -0.591. The Morgan fingerprint density at radius 3 is 2.53 bits per heavy atom. The second-order valence-corrected chi connectivity index (χ2v) is 10.5. The van der Waals surface area contributed by atoms with Crippen LogP contribution in [0.3, 0.4) is 0 Å². The minimum atomic E-state index is -4.37. The number of phenolic OH excluding ortho intramolecular Hbond substituents is 2. The molecule has 0 unspecified atom stereocenters. The molecule has 0 aliphatic carbocycles. The first kappa shape index (κ1) is 26.7. The van der Waals surface area contributed by atoms with Crippen LogP contribution in [0.4, 0.5) is 0 Å². The van der Waals surface area contributed by atoms with E-state index < -0.39 is 44.6 Å². The number of hydrogen-bond donors (Lipinski definition) is 4. The van der Waals surface area contributed by atoms with E-state index in [1.54, 1.807) is 48.5 Å². The molecule has 1 amide bonds. The molecule has 4 rings (SSSR count). The molecule has 0 fully saturated rings. The lowest BCUT2D eigenvalue weighted by atomic mass is 10.1. The van der Waals surface area contributed by atoms with Crippen LogP contribution in [-0.4, -0.2) is 57.3 Å². The maximum Gasteiger partial charge on any atom is 0.348 e. The number of aromatic amines is 1. The molecular formula is C24H22ClN5O7S. The molecule has 1 heterocycles. The molecule has 0 radical (unpaired) electrons. The Morgan fingerprint density at radius 1 is 1.13 bits per heavy atom. The van der Waals surface area contributed by atoms with Crippen molar-refractivity contribution in [1.29, 1.82) is 0 Å². The fraction of sp³-hybridized carbons (Fsp3) is 0.125. The first-order chi connectivity index (χ1) is 18.0. The Morgan fingerprint density at radius 2 is 1.82 bits per heavy atom. The summed E-state index contributed by atoms with van der Waals surface area (Å²) in [5.74, 6) is -1.83. The van der Waals surface area contributed by atoms with E-state index in [0.717, 1.165) is 21.0 Å². The number of carbonyl (C=O) groups is 1. The summed E-state index contributed by atoms with van der Waals surface area (Å²) in [7, 11) is -3.09. The van der Waals surface area contributed by atoms with Crippen LogP contribution in [0.2, 0.25) is 5.02 Å². The van der Waals surface area contributed by atoms with Crippen molar-refractivity contribution in [2.45, 2.75) is 11.4 Å². The number of para-hydroxylation sites is 2. The molecule has 1 aromatic heterocycles. The number of nitrogens with one attached hydrogen (secondary N) is 1.